The van der Waals surface area contributed by atoms with E-state index in [1.54, 1.807) is 0 Å². The number of ether oxygens (including phenoxy) is 1. The minimum Gasteiger partial charge on any atom is -0.501 e. The second kappa shape index (κ2) is 5.69. The first-order valence-corrected chi connectivity index (χ1v) is 6.98. The van der Waals surface area contributed by atoms with Gasteiger partial charge in [-0.3, -0.25) is 0 Å². The van der Waals surface area contributed by atoms with Crippen LogP contribution >= 0.6 is 11.8 Å². The first-order chi connectivity index (χ1) is 6.95. The summed E-state index contributed by atoms with van der Waals surface area (Å²) < 4.78 is 5.69. The van der Waals surface area contributed by atoms with E-state index in [0.717, 1.165) is 12.5 Å². The summed E-state index contributed by atoms with van der Waals surface area (Å²) in [6, 6.07) is 0. The largest absolute Gasteiger partial charge is 0.501 e. The minimum absolute atomic E-state index is 0.828. The van der Waals surface area contributed by atoms with E-state index in [1.807, 2.05) is 0 Å². The van der Waals surface area contributed by atoms with Gasteiger partial charge in [0.2, 0.25) is 0 Å². The van der Waals surface area contributed by atoms with E-state index >= 15 is 0 Å². The van der Waals surface area contributed by atoms with Crippen molar-refractivity contribution in [2.75, 3.05) is 18.1 Å². The van der Waals surface area contributed by atoms with Gasteiger partial charge in [-0.15, -0.1) is 0 Å². The normalized spacial score (nSPS) is 23.9. The van der Waals surface area contributed by atoms with Gasteiger partial charge in [-0.2, -0.15) is 11.8 Å². The Bertz CT molecular complexity index is 186. The lowest BCUT2D eigenvalue weighted by Crippen LogP contribution is -2.14. The Kier molecular flexibility index (Phi) is 4.23. The van der Waals surface area contributed by atoms with Crippen molar-refractivity contribution in [2.45, 2.75) is 38.5 Å². The molecule has 0 bridgehead atoms. The molecule has 1 saturated carbocycles. The first-order valence-electron chi connectivity index (χ1n) is 5.82. The van der Waals surface area contributed by atoms with E-state index in [-0.39, 0.29) is 0 Å². The highest BCUT2D eigenvalue weighted by Crippen LogP contribution is 2.25. The summed E-state index contributed by atoms with van der Waals surface area (Å²) in [6.07, 6.45) is 10.1. The average Bonchev–Trinajstić information content (AvgIpc) is 2.72. The lowest BCUT2D eigenvalue weighted by Gasteiger charge is -2.20. The van der Waals surface area contributed by atoms with Crippen LogP contribution in [0.3, 0.4) is 0 Å². The molecule has 0 N–H and O–H groups in total. The Hall–Kier alpha value is -0.110. The van der Waals surface area contributed by atoms with Crippen molar-refractivity contribution in [1.29, 1.82) is 0 Å². The SMILES string of the molecule is C(OCC1CCSCC1)=C1CCCC1. The predicted octanol–water partition coefficient (Wildman–Crippen LogP) is 3.60. The fourth-order valence-corrected chi connectivity index (χ4v) is 3.37. The topological polar surface area (TPSA) is 9.23 Å². The summed E-state index contributed by atoms with van der Waals surface area (Å²) in [6.45, 7) is 0.962. The highest BCUT2D eigenvalue weighted by molar-refractivity contribution is 7.99. The summed E-state index contributed by atoms with van der Waals surface area (Å²) in [5, 5.41) is 0. The number of rotatable bonds is 3. The van der Waals surface area contributed by atoms with Crippen molar-refractivity contribution < 1.29 is 4.74 Å². The van der Waals surface area contributed by atoms with Crippen LogP contribution in [-0.4, -0.2) is 18.1 Å². The Morgan fingerprint density at radius 3 is 2.64 bits per heavy atom. The molecule has 80 valence electrons. The quantitative estimate of drug-likeness (QED) is 0.661. The molecule has 0 aromatic rings. The van der Waals surface area contributed by atoms with Crippen LogP contribution in [0.15, 0.2) is 11.8 Å². The molecule has 0 radical (unpaired) electrons. The molecule has 1 aliphatic carbocycles. The minimum atomic E-state index is 0.828. The zero-order valence-corrected chi connectivity index (χ0v) is 9.65. The van der Waals surface area contributed by atoms with Crippen molar-refractivity contribution in [3.63, 3.8) is 0 Å². The maximum absolute atomic E-state index is 5.69. The van der Waals surface area contributed by atoms with Gasteiger partial charge in [0.25, 0.3) is 0 Å². The highest BCUT2D eigenvalue weighted by atomic mass is 32.2. The van der Waals surface area contributed by atoms with Crippen molar-refractivity contribution in [1.82, 2.24) is 0 Å². The lowest BCUT2D eigenvalue weighted by molar-refractivity contribution is 0.185. The Morgan fingerprint density at radius 1 is 1.21 bits per heavy atom. The molecule has 0 unspecified atom stereocenters. The fraction of sp³-hybridized carbons (Fsp3) is 0.833. The number of thioether (sulfide) groups is 1. The number of hydrogen-bond donors (Lipinski definition) is 0. The maximum Gasteiger partial charge on any atom is 0.0902 e. The molecule has 0 aromatic carbocycles. The molecule has 1 aliphatic heterocycles. The molecule has 2 aliphatic rings. The first kappa shape index (κ1) is 10.4. The van der Waals surface area contributed by atoms with Gasteiger partial charge in [0.1, 0.15) is 0 Å². The summed E-state index contributed by atoms with van der Waals surface area (Å²) in [5.41, 5.74) is 1.54. The van der Waals surface area contributed by atoms with Gasteiger partial charge < -0.3 is 4.74 Å². The van der Waals surface area contributed by atoms with E-state index in [1.165, 1.54) is 55.6 Å². The fourth-order valence-electron chi connectivity index (χ4n) is 2.16. The van der Waals surface area contributed by atoms with Gasteiger partial charge in [0.05, 0.1) is 12.9 Å². The zero-order chi connectivity index (χ0) is 9.64. The summed E-state index contributed by atoms with van der Waals surface area (Å²) in [5.74, 6) is 3.50. The van der Waals surface area contributed by atoms with E-state index < -0.39 is 0 Å². The van der Waals surface area contributed by atoms with Crippen LogP contribution < -0.4 is 0 Å². The molecular formula is C12H20OS. The molecule has 2 heteroatoms. The molecule has 1 nitrogen and oxygen atoms in total. The van der Waals surface area contributed by atoms with E-state index in [2.05, 4.69) is 18.0 Å². The Labute approximate surface area is 91.3 Å². The molecule has 2 fully saturated rings. The molecule has 0 spiro atoms. The van der Waals surface area contributed by atoms with Gasteiger partial charge in [-0.25, -0.2) is 0 Å². The highest BCUT2D eigenvalue weighted by Gasteiger charge is 2.13. The molecule has 2 rings (SSSR count). The molecule has 0 amide bonds. The lowest BCUT2D eigenvalue weighted by atomic mass is 10.0. The van der Waals surface area contributed by atoms with Gasteiger partial charge in [-0.05, 0) is 61.5 Å². The van der Waals surface area contributed by atoms with Crippen LogP contribution in [-0.2, 0) is 4.74 Å². The van der Waals surface area contributed by atoms with E-state index in [9.17, 15) is 0 Å². The molecule has 0 atom stereocenters. The van der Waals surface area contributed by atoms with Gasteiger partial charge in [-0.1, -0.05) is 0 Å². The van der Waals surface area contributed by atoms with Crippen LogP contribution in [0.25, 0.3) is 0 Å². The molecule has 1 saturated heterocycles. The third kappa shape index (κ3) is 3.23. The van der Waals surface area contributed by atoms with Crippen molar-refractivity contribution in [3.05, 3.63) is 11.8 Å². The molecule has 1 heterocycles. The smallest absolute Gasteiger partial charge is 0.0902 e. The second-order valence-electron chi connectivity index (χ2n) is 4.37. The van der Waals surface area contributed by atoms with Crippen LogP contribution in [0.1, 0.15) is 38.5 Å². The summed E-state index contributed by atoms with van der Waals surface area (Å²) in [4.78, 5) is 0. The van der Waals surface area contributed by atoms with Crippen LogP contribution in [0.2, 0.25) is 0 Å². The van der Waals surface area contributed by atoms with E-state index in [0.29, 0.717) is 0 Å². The summed E-state index contributed by atoms with van der Waals surface area (Å²) in [7, 11) is 0. The molecular weight excluding hydrogens is 192 g/mol. The molecule has 0 aromatic heterocycles. The predicted molar refractivity (Wildman–Crippen MR) is 62.6 cm³/mol. The van der Waals surface area contributed by atoms with Crippen molar-refractivity contribution >= 4 is 11.8 Å². The van der Waals surface area contributed by atoms with Gasteiger partial charge in [0, 0.05) is 0 Å². The van der Waals surface area contributed by atoms with Gasteiger partial charge in [0.15, 0.2) is 0 Å². The van der Waals surface area contributed by atoms with E-state index in [4.69, 9.17) is 4.74 Å². The zero-order valence-electron chi connectivity index (χ0n) is 8.84. The van der Waals surface area contributed by atoms with Gasteiger partial charge >= 0.3 is 0 Å². The third-order valence-electron chi connectivity index (χ3n) is 3.17. The number of hydrogen-bond acceptors (Lipinski definition) is 2. The Morgan fingerprint density at radius 2 is 1.93 bits per heavy atom. The maximum atomic E-state index is 5.69. The number of allylic oxidation sites excluding steroid dienone is 1. The monoisotopic (exact) mass is 212 g/mol. The Balaban J connectivity index is 1.63. The third-order valence-corrected chi connectivity index (χ3v) is 4.22. The summed E-state index contributed by atoms with van der Waals surface area (Å²) >= 11 is 2.09. The van der Waals surface area contributed by atoms with Crippen LogP contribution in [0, 0.1) is 5.92 Å². The van der Waals surface area contributed by atoms with Crippen molar-refractivity contribution in [2.24, 2.45) is 5.92 Å². The van der Waals surface area contributed by atoms with Crippen molar-refractivity contribution in [3.8, 4) is 0 Å². The van der Waals surface area contributed by atoms with Crippen LogP contribution in [0.4, 0.5) is 0 Å². The van der Waals surface area contributed by atoms with Crippen LogP contribution in [0.5, 0.6) is 0 Å². The average molecular weight is 212 g/mol. The standard InChI is InChI=1S/C12H20OS/c1-2-4-11(3-1)9-13-10-12-5-7-14-8-6-12/h9,12H,1-8,10H2. The molecule has 14 heavy (non-hydrogen) atoms. The second-order valence-corrected chi connectivity index (χ2v) is 5.60.